The average molecular weight is 688 g/mol. The summed E-state index contributed by atoms with van der Waals surface area (Å²) in [5.41, 5.74) is 5.35. The number of ether oxygens (including phenoxy) is 2. The molecule has 0 heterocycles. The van der Waals surface area contributed by atoms with E-state index in [9.17, 15) is 14.3 Å². The molecule has 2 unspecified atom stereocenters. The van der Waals surface area contributed by atoms with Crippen LogP contribution in [0, 0.1) is 0 Å². The van der Waals surface area contributed by atoms with Gasteiger partial charge in [0.15, 0.2) is 0 Å². The highest BCUT2D eigenvalue weighted by molar-refractivity contribution is 7.47. The Kier molecular flexibility index (Phi) is 35.5. The van der Waals surface area contributed by atoms with Crippen LogP contribution < -0.4 is 5.73 Å². The molecule has 0 aromatic heterocycles. The Morgan fingerprint density at radius 3 is 1.68 bits per heavy atom. The Hall–Kier alpha value is -1.02. The fourth-order valence-corrected chi connectivity index (χ4v) is 6.03. The van der Waals surface area contributed by atoms with Crippen molar-refractivity contribution in [3.63, 3.8) is 0 Å². The number of rotatable bonds is 37. The highest BCUT2D eigenvalue weighted by Crippen LogP contribution is 2.43. The van der Waals surface area contributed by atoms with Gasteiger partial charge in [-0.1, -0.05) is 147 Å². The first-order valence-corrected chi connectivity index (χ1v) is 20.8. The van der Waals surface area contributed by atoms with Gasteiger partial charge in [-0.3, -0.25) is 13.8 Å². The van der Waals surface area contributed by atoms with Gasteiger partial charge in [-0.25, -0.2) is 4.57 Å². The van der Waals surface area contributed by atoms with E-state index in [0.717, 1.165) is 44.9 Å². The summed E-state index contributed by atoms with van der Waals surface area (Å²) in [6.07, 6.45) is 37.6. The van der Waals surface area contributed by atoms with Crippen molar-refractivity contribution in [1.82, 2.24) is 0 Å². The minimum absolute atomic E-state index is 0.0955. The molecule has 278 valence electrons. The summed E-state index contributed by atoms with van der Waals surface area (Å²) in [6.45, 7) is 4.89. The van der Waals surface area contributed by atoms with Gasteiger partial charge in [-0.2, -0.15) is 0 Å². The summed E-state index contributed by atoms with van der Waals surface area (Å²) in [5, 5.41) is 0. The Bertz CT molecular complexity index is 777. The second-order valence-corrected chi connectivity index (χ2v) is 14.2. The number of phosphoric acid groups is 1. The minimum atomic E-state index is -4.27. The molecule has 0 bridgehead atoms. The van der Waals surface area contributed by atoms with Crippen LogP contribution >= 0.6 is 7.82 Å². The van der Waals surface area contributed by atoms with Crippen LogP contribution in [0.5, 0.6) is 0 Å². The third-order valence-electron chi connectivity index (χ3n) is 8.12. The van der Waals surface area contributed by atoms with Crippen LogP contribution in [0.2, 0.25) is 0 Å². The molecule has 0 rings (SSSR count). The number of esters is 1. The molecule has 0 aliphatic carbocycles. The monoisotopic (exact) mass is 688 g/mol. The Morgan fingerprint density at radius 1 is 0.638 bits per heavy atom. The number of unbranched alkanes of at least 4 members (excludes halogenated alkanes) is 20. The van der Waals surface area contributed by atoms with Crippen molar-refractivity contribution in [2.24, 2.45) is 5.73 Å². The van der Waals surface area contributed by atoms with Crippen molar-refractivity contribution < 1.29 is 32.8 Å². The summed E-state index contributed by atoms with van der Waals surface area (Å²) in [4.78, 5) is 22.4. The summed E-state index contributed by atoms with van der Waals surface area (Å²) < 4.78 is 33.3. The van der Waals surface area contributed by atoms with Crippen molar-refractivity contribution in [1.29, 1.82) is 0 Å². The van der Waals surface area contributed by atoms with Crippen LogP contribution in [0.15, 0.2) is 24.3 Å². The van der Waals surface area contributed by atoms with Crippen LogP contribution in [0.4, 0.5) is 0 Å². The topological polar surface area (TPSA) is 117 Å². The van der Waals surface area contributed by atoms with E-state index >= 15 is 0 Å². The maximum atomic E-state index is 12.5. The van der Waals surface area contributed by atoms with E-state index in [4.69, 9.17) is 24.3 Å². The van der Waals surface area contributed by atoms with Crippen LogP contribution in [-0.4, -0.2) is 49.9 Å². The van der Waals surface area contributed by atoms with Gasteiger partial charge in [0, 0.05) is 19.6 Å². The van der Waals surface area contributed by atoms with E-state index in [1.54, 1.807) is 0 Å². The maximum absolute atomic E-state index is 12.5. The first kappa shape index (κ1) is 46.0. The zero-order valence-corrected chi connectivity index (χ0v) is 31.4. The third-order valence-corrected chi connectivity index (χ3v) is 9.11. The molecule has 3 N–H and O–H groups in total. The highest BCUT2D eigenvalue weighted by Gasteiger charge is 2.25. The molecule has 0 saturated carbocycles. The predicted octanol–water partition coefficient (Wildman–Crippen LogP) is 10.9. The SMILES string of the molecule is CCCCCC/C=C\C/C=C\CCCCCCCCCC(=O)OC(COCCCCCCCCCCCC)COP(=O)(O)OCCN. The number of carbonyl (C=O) groups is 1. The molecule has 0 saturated heterocycles. The normalized spacial score (nSPS) is 13.9. The van der Waals surface area contributed by atoms with E-state index in [1.807, 2.05) is 0 Å². The molecule has 0 aromatic rings. The number of allylic oxidation sites excluding steroid dienone is 4. The molecular formula is C38H74NO7P. The van der Waals surface area contributed by atoms with E-state index in [0.29, 0.717) is 13.0 Å². The lowest BCUT2D eigenvalue weighted by Gasteiger charge is -2.20. The van der Waals surface area contributed by atoms with Gasteiger partial charge >= 0.3 is 13.8 Å². The van der Waals surface area contributed by atoms with Gasteiger partial charge < -0.3 is 20.1 Å². The van der Waals surface area contributed by atoms with Crippen LogP contribution in [-0.2, 0) is 27.9 Å². The molecular weight excluding hydrogens is 613 g/mol. The molecule has 47 heavy (non-hydrogen) atoms. The largest absolute Gasteiger partial charge is 0.472 e. The number of carbonyl (C=O) groups excluding carboxylic acids is 1. The van der Waals surface area contributed by atoms with Crippen LogP contribution in [0.1, 0.15) is 174 Å². The van der Waals surface area contributed by atoms with Gasteiger partial charge in [0.05, 0.1) is 19.8 Å². The number of phosphoric ester groups is 1. The smallest absolute Gasteiger partial charge is 0.457 e. The lowest BCUT2D eigenvalue weighted by molar-refractivity contribution is -0.154. The molecule has 0 radical (unpaired) electrons. The second-order valence-electron chi connectivity index (χ2n) is 12.8. The van der Waals surface area contributed by atoms with Crippen LogP contribution in [0.3, 0.4) is 0 Å². The average Bonchev–Trinajstić information content (AvgIpc) is 3.06. The fraction of sp³-hybridized carbons (Fsp3) is 0.868. The minimum Gasteiger partial charge on any atom is -0.457 e. The predicted molar refractivity (Wildman–Crippen MR) is 197 cm³/mol. The molecule has 0 aliphatic heterocycles. The van der Waals surface area contributed by atoms with Gasteiger partial charge in [0.2, 0.25) is 0 Å². The zero-order valence-electron chi connectivity index (χ0n) is 30.5. The summed E-state index contributed by atoms with van der Waals surface area (Å²) in [5.74, 6) is -0.338. The zero-order chi connectivity index (χ0) is 34.5. The summed E-state index contributed by atoms with van der Waals surface area (Å²) in [6, 6.07) is 0. The first-order chi connectivity index (χ1) is 22.9. The summed E-state index contributed by atoms with van der Waals surface area (Å²) >= 11 is 0. The molecule has 2 atom stereocenters. The lowest BCUT2D eigenvalue weighted by Crippen LogP contribution is -2.28. The highest BCUT2D eigenvalue weighted by atomic mass is 31.2. The molecule has 0 amide bonds. The van der Waals surface area contributed by atoms with Gasteiger partial charge in [-0.05, 0) is 44.9 Å². The molecule has 0 fully saturated rings. The molecule has 0 aliphatic rings. The second kappa shape index (κ2) is 36.3. The molecule has 0 spiro atoms. The van der Waals surface area contributed by atoms with Crippen molar-refractivity contribution >= 4 is 13.8 Å². The number of hydrogen-bond donors (Lipinski definition) is 2. The van der Waals surface area contributed by atoms with Gasteiger partial charge in [0.1, 0.15) is 6.10 Å². The number of nitrogens with two attached hydrogens (primary N) is 1. The fourth-order valence-electron chi connectivity index (χ4n) is 5.26. The van der Waals surface area contributed by atoms with Crippen molar-refractivity contribution in [2.75, 3.05) is 33.0 Å². The Labute approximate surface area is 289 Å². The van der Waals surface area contributed by atoms with Gasteiger partial charge in [-0.15, -0.1) is 0 Å². The third kappa shape index (κ3) is 36.1. The van der Waals surface area contributed by atoms with Crippen molar-refractivity contribution in [3.05, 3.63) is 24.3 Å². The quantitative estimate of drug-likeness (QED) is 0.0287. The summed E-state index contributed by atoms with van der Waals surface area (Å²) in [7, 11) is -4.27. The molecule has 9 heteroatoms. The maximum Gasteiger partial charge on any atom is 0.472 e. The Balaban J connectivity index is 4.06. The molecule has 8 nitrogen and oxygen atoms in total. The van der Waals surface area contributed by atoms with Crippen molar-refractivity contribution in [3.8, 4) is 0 Å². The van der Waals surface area contributed by atoms with E-state index in [1.165, 1.54) is 109 Å². The van der Waals surface area contributed by atoms with E-state index < -0.39 is 13.9 Å². The Morgan fingerprint density at radius 2 is 1.13 bits per heavy atom. The van der Waals surface area contributed by atoms with Crippen molar-refractivity contribution in [2.45, 2.75) is 180 Å². The van der Waals surface area contributed by atoms with E-state index in [2.05, 4.69) is 38.2 Å². The molecule has 0 aromatic carbocycles. The lowest BCUT2D eigenvalue weighted by atomic mass is 10.1. The first-order valence-electron chi connectivity index (χ1n) is 19.3. The number of hydrogen-bond acceptors (Lipinski definition) is 7. The standard InChI is InChI=1S/C38H74NO7P/c1-3-5-7-9-11-13-15-16-17-18-19-20-21-22-23-25-27-29-31-38(40)46-37(36-45-47(41,42)44-34-32-39)35-43-33-30-28-26-24-14-12-10-8-6-4-2/h13,15,17-18,37H,3-12,14,16,19-36,39H2,1-2H3,(H,41,42)/b15-13-,18-17-. The van der Waals surface area contributed by atoms with Gasteiger partial charge in [0.25, 0.3) is 0 Å². The van der Waals surface area contributed by atoms with Crippen LogP contribution in [0.25, 0.3) is 0 Å². The van der Waals surface area contributed by atoms with E-state index in [-0.39, 0.29) is 32.3 Å².